The van der Waals surface area contributed by atoms with Crippen LogP contribution in [0.1, 0.15) is 20.8 Å². The van der Waals surface area contributed by atoms with Gasteiger partial charge in [0.25, 0.3) is 0 Å². The number of amides is 1. The molecule has 0 heterocycles. The van der Waals surface area contributed by atoms with E-state index in [1.807, 2.05) is 0 Å². The Labute approximate surface area is 149 Å². The summed E-state index contributed by atoms with van der Waals surface area (Å²) in [5.74, 6) is 0. The molecular formula is C16H31NO8. The minimum Gasteiger partial charge on any atom is -0.442 e. The third kappa shape index (κ3) is 17.4. The monoisotopic (exact) mass is 365 g/mol. The number of carbonyl (C=O) groups is 2. The fraction of sp³-hybridized carbons (Fsp3) is 0.875. The molecule has 0 bridgehead atoms. The number of hydrogen-bond acceptors (Lipinski definition) is 8. The van der Waals surface area contributed by atoms with Gasteiger partial charge in [0.05, 0.1) is 52.9 Å². The van der Waals surface area contributed by atoms with Crippen LogP contribution < -0.4 is 0 Å². The Morgan fingerprint density at radius 1 is 0.840 bits per heavy atom. The molecule has 0 saturated heterocycles. The van der Waals surface area contributed by atoms with Gasteiger partial charge < -0.3 is 28.5 Å². The Morgan fingerprint density at radius 3 is 1.72 bits per heavy atom. The van der Waals surface area contributed by atoms with Crippen molar-refractivity contribution in [2.75, 3.05) is 66.5 Å². The lowest BCUT2D eigenvalue weighted by atomic mass is 10.2. The molecule has 0 rings (SSSR count). The Balaban J connectivity index is 3.31. The fourth-order valence-corrected chi connectivity index (χ4v) is 1.40. The molecule has 25 heavy (non-hydrogen) atoms. The van der Waals surface area contributed by atoms with Crippen molar-refractivity contribution < 1.29 is 38.1 Å². The fourth-order valence-electron chi connectivity index (χ4n) is 1.40. The van der Waals surface area contributed by atoms with Crippen LogP contribution in [0.3, 0.4) is 0 Å². The number of nitrogens with zero attached hydrogens (tertiary/aromatic N) is 1. The SMILES string of the molecule is CN(OCCOCCOCCOCCOCC=O)C(=O)OC(C)(C)C. The van der Waals surface area contributed by atoms with Crippen molar-refractivity contribution in [2.24, 2.45) is 0 Å². The van der Waals surface area contributed by atoms with E-state index in [1.165, 1.54) is 7.05 Å². The molecular weight excluding hydrogens is 334 g/mol. The van der Waals surface area contributed by atoms with E-state index < -0.39 is 11.7 Å². The maximum absolute atomic E-state index is 11.6. The second kappa shape index (κ2) is 15.0. The highest BCUT2D eigenvalue weighted by Gasteiger charge is 2.19. The average molecular weight is 365 g/mol. The molecule has 0 atom stereocenters. The van der Waals surface area contributed by atoms with E-state index in [0.717, 1.165) is 5.06 Å². The molecule has 0 aliphatic rings. The van der Waals surface area contributed by atoms with Crippen molar-refractivity contribution in [2.45, 2.75) is 26.4 Å². The van der Waals surface area contributed by atoms with E-state index in [9.17, 15) is 9.59 Å². The number of ether oxygens (including phenoxy) is 5. The van der Waals surface area contributed by atoms with Gasteiger partial charge in [0.1, 0.15) is 18.5 Å². The van der Waals surface area contributed by atoms with Gasteiger partial charge >= 0.3 is 6.09 Å². The highest BCUT2D eigenvalue weighted by atomic mass is 16.7. The molecule has 148 valence electrons. The third-order valence-corrected chi connectivity index (χ3v) is 2.47. The summed E-state index contributed by atoms with van der Waals surface area (Å²) >= 11 is 0. The first-order valence-corrected chi connectivity index (χ1v) is 8.21. The van der Waals surface area contributed by atoms with Crippen LogP contribution in [0.4, 0.5) is 4.79 Å². The second-order valence-corrected chi connectivity index (χ2v) is 5.89. The van der Waals surface area contributed by atoms with E-state index in [4.69, 9.17) is 28.5 Å². The van der Waals surface area contributed by atoms with Crippen LogP contribution in [0.5, 0.6) is 0 Å². The van der Waals surface area contributed by atoms with Crippen molar-refractivity contribution in [3.8, 4) is 0 Å². The van der Waals surface area contributed by atoms with Gasteiger partial charge in [0.2, 0.25) is 0 Å². The van der Waals surface area contributed by atoms with Gasteiger partial charge in [-0.15, -0.1) is 0 Å². The van der Waals surface area contributed by atoms with Crippen LogP contribution in [-0.2, 0) is 33.3 Å². The van der Waals surface area contributed by atoms with Gasteiger partial charge in [-0.1, -0.05) is 0 Å². The zero-order chi connectivity index (χ0) is 19.0. The van der Waals surface area contributed by atoms with Crippen molar-refractivity contribution in [1.29, 1.82) is 0 Å². The van der Waals surface area contributed by atoms with Gasteiger partial charge in [-0.3, -0.25) is 4.84 Å². The first kappa shape index (κ1) is 23.7. The summed E-state index contributed by atoms with van der Waals surface area (Å²) < 4.78 is 25.9. The number of hydrogen-bond donors (Lipinski definition) is 0. The molecule has 0 aromatic rings. The van der Waals surface area contributed by atoms with Gasteiger partial charge in [0, 0.05) is 7.05 Å². The van der Waals surface area contributed by atoms with Gasteiger partial charge in [-0.25, -0.2) is 4.79 Å². The summed E-state index contributed by atoms with van der Waals surface area (Å²) in [6, 6.07) is 0. The topological polar surface area (TPSA) is 92.8 Å². The quantitative estimate of drug-likeness (QED) is 0.242. The summed E-state index contributed by atoms with van der Waals surface area (Å²) in [7, 11) is 1.49. The maximum atomic E-state index is 11.6. The minimum absolute atomic E-state index is 0.0917. The van der Waals surface area contributed by atoms with Crippen molar-refractivity contribution in [3.05, 3.63) is 0 Å². The van der Waals surface area contributed by atoms with Crippen molar-refractivity contribution >= 4 is 12.4 Å². The molecule has 0 radical (unpaired) electrons. The molecule has 9 heteroatoms. The lowest BCUT2D eigenvalue weighted by molar-refractivity contribution is -0.143. The molecule has 9 nitrogen and oxygen atoms in total. The Hall–Kier alpha value is -1.26. The molecule has 0 aliphatic heterocycles. The number of rotatable bonds is 15. The molecule has 0 N–H and O–H groups in total. The van der Waals surface area contributed by atoms with E-state index in [1.54, 1.807) is 20.8 Å². The normalized spacial score (nSPS) is 11.4. The van der Waals surface area contributed by atoms with Crippen LogP contribution in [0.25, 0.3) is 0 Å². The second-order valence-electron chi connectivity index (χ2n) is 5.89. The largest absolute Gasteiger partial charge is 0.442 e. The van der Waals surface area contributed by atoms with Crippen LogP contribution in [0.2, 0.25) is 0 Å². The predicted molar refractivity (Wildman–Crippen MR) is 89.3 cm³/mol. The van der Waals surface area contributed by atoms with Gasteiger partial charge in [-0.05, 0) is 20.8 Å². The smallest absolute Gasteiger partial charge is 0.434 e. The zero-order valence-corrected chi connectivity index (χ0v) is 15.7. The summed E-state index contributed by atoms with van der Waals surface area (Å²) in [4.78, 5) is 26.8. The van der Waals surface area contributed by atoms with Gasteiger partial charge in [-0.2, -0.15) is 5.06 Å². The highest BCUT2D eigenvalue weighted by Crippen LogP contribution is 2.09. The van der Waals surface area contributed by atoms with Crippen LogP contribution >= 0.6 is 0 Å². The standard InChI is InChI=1S/C16H31NO8/c1-16(2,3)25-15(19)17(4)24-14-13-23-12-11-22-10-9-21-8-7-20-6-5-18/h5H,6-14H2,1-4H3. The molecule has 0 unspecified atom stereocenters. The van der Waals surface area contributed by atoms with E-state index >= 15 is 0 Å². The summed E-state index contributed by atoms with van der Waals surface area (Å²) in [5, 5.41) is 1.04. The first-order valence-electron chi connectivity index (χ1n) is 8.21. The highest BCUT2D eigenvalue weighted by molar-refractivity contribution is 5.66. The van der Waals surface area contributed by atoms with E-state index in [2.05, 4.69) is 0 Å². The average Bonchev–Trinajstić information content (AvgIpc) is 2.53. The van der Waals surface area contributed by atoms with Crippen molar-refractivity contribution in [1.82, 2.24) is 5.06 Å². The minimum atomic E-state index is -0.561. The maximum Gasteiger partial charge on any atom is 0.434 e. The molecule has 0 spiro atoms. The molecule has 0 aliphatic carbocycles. The first-order chi connectivity index (χ1) is 11.9. The van der Waals surface area contributed by atoms with Crippen LogP contribution in [0, 0.1) is 0 Å². The predicted octanol–water partition coefficient (Wildman–Crippen LogP) is 1.05. The Bertz CT molecular complexity index is 346. The number of aldehydes is 1. The molecule has 1 amide bonds. The zero-order valence-electron chi connectivity index (χ0n) is 15.7. The lowest BCUT2D eigenvalue weighted by Gasteiger charge is -2.23. The molecule has 0 aromatic heterocycles. The third-order valence-electron chi connectivity index (χ3n) is 2.47. The van der Waals surface area contributed by atoms with Crippen LogP contribution in [-0.4, -0.2) is 89.6 Å². The summed E-state index contributed by atoms with van der Waals surface area (Å²) in [6.07, 6.45) is 0.149. The van der Waals surface area contributed by atoms with Crippen LogP contribution in [0.15, 0.2) is 0 Å². The lowest BCUT2D eigenvalue weighted by Crippen LogP contribution is -2.35. The molecule has 0 aromatic carbocycles. The summed E-state index contributed by atoms with van der Waals surface area (Å²) in [5.41, 5.74) is -0.561. The molecule has 0 saturated carbocycles. The van der Waals surface area contributed by atoms with Gasteiger partial charge in [0.15, 0.2) is 0 Å². The van der Waals surface area contributed by atoms with Crippen molar-refractivity contribution in [3.63, 3.8) is 0 Å². The number of hydroxylamine groups is 2. The Morgan fingerprint density at radius 2 is 1.28 bits per heavy atom. The molecule has 0 fully saturated rings. The Kier molecular flexibility index (Phi) is 14.3. The van der Waals surface area contributed by atoms with E-state index in [0.29, 0.717) is 52.5 Å². The number of carbonyl (C=O) groups excluding carboxylic acids is 2. The van der Waals surface area contributed by atoms with E-state index in [-0.39, 0.29) is 13.2 Å². The summed E-state index contributed by atoms with van der Waals surface area (Å²) in [6.45, 7) is 8.60.